The molecule has 0 fully saturated rings. The summed E-state index contributed by atoms with van der Waals surface area (Å²) in [5, 5.41) is 0.605. The molecule has 1 heterocycles. The second-order valence-corrected chi connectivity index (χ2v) is 4.58. The van der Waals surface area contributed by atoms with Crippen molar-refractivity contribution in [1.29, 1.82) is 0 Å². The summed E-state index contributed by atoms with van der Waals surface area (Å²) in [5.41, 5.74) is 0.900. The fraction of sp³-hybridized carbons (Fsp3) is 0.143. The van der Waals surface area contributed by atoms with Gasteiger partial charge in [0.1, 0.15) is 0 Å². The molecule has 0 saturated carbocycles. The quantitative estimate of drug-likeness (QED) is 0.864. The third-order valence-corrected chi connectivity index (χ3v) is 2.89. The number of nitrogens with zero attached hydrogens (tertiary/aromatic N) is 2. The van der Waals surface area contributed by atoms with Crippen LogP contribution in [0, 0.1) is 5.82 Å². The molecule has 19 heavy (non-hydrogen) atoms. The van der Waals surface area contributed by atoms with Gasteiger partial charge in [0.15, 0.2) is 5.82 Å². The Kier molecular flexibility index (Phi) is 4.12. The number of aromatic nitrogens is 1. The normalized spacial score (nSPS) is 10.3. The van der Waals surface area contributed by atoms with Crippen molar-refractivity contribution in [2.45, 2.75) is 6.54 Å². The number of carbonyl (C=O) groups excluding carboxylic acids is 1. The lowest BCUT2D eigenvalue weighted by molar-refractivity contribution is 0.0780. The van der Waals surface area contributed by atoms with E-state index in [1.807, 2.05) is 12.1 Å². The molecule has 0 aliphatic rings. The summed E-state index contributed by atoms with van der Waals surface area (Å²) < 4.78 is 13.5. The fourth-order valence-electron chi connectivity index (χ4n) is 1.74. The summed E-state index contributed by atoms with van der Waals surface area (Å²) >= 11 is 5.88. The Hall–Kier alpha value is -1.94. The molecule has 0 spiro atoms. The van der Waals surface area contributed by atoms with Crippen LogP contribution < -0.4 is 0 Å². The van der Waals surface area contributed by atoms with Gasteiger partial charge < -0.3 is 4.90 Å². The van der Waals surface area contributed by atoms with Crippen molar-refractivity contribution in [3.63, 3.8) is 0 Å². The topological polar surface area (TPSA) is 33.2 Å². The summed E-state index contributed by atoms with van der Waals surface area (Å²) in [7, 11) is 1.61. The van der Waals surface area contributed by atoms with Crippen molar-refractivity contribution in [3.05, 3.63) is 64.7 Å². The first-order valence-electron chi connectivity index (χ1n) is 5.67. The SMILES string of the molecule is CN(Cc1cccc(Cl)c1)C(=O)c1ccncc1F. The number of pyridine rings is 1. The third-order valence-electron chi connectivity index (χ3n) is 2.66. The highest BCUT2D eigenvalue weighted by atomic mass is 35.5. The average Bonchev–Trinajstić information content (AvgIpc) is 2.38. The monoisotopic (exact) mass is 278 g/mol. The van der Waals surface area contributed by atoms with Crippen molar-refractivity contribution >= 4 is 17.5 Å². The van der Waals surface area contributed by atoms with E-state index in [2.05, 4.69) is 4.98 Å². The highest BCUT2D eigenvalue weighted by molar-refractivity contribution is 6.30. The predicted octanol–water partition coefficient (Wildman–Crippen LogP) is 3.15. The number of amides is 1. The van der Waals surface area contributed by atoms with E-state index in [0.717, 1.165) is 11.8 Å². The van der Waals surface area contributed by atoms with Gasteiger partial charge in [-0.05, 0) is 23.8 Å². The zero-order valence-electron chi connectivity index (χ0n) is 10.3. The molecule has 98 valence electrons. The molecule has 1 aromatic carbocycles. The van der Waals surface area contributed by atoms with Crippen molar-refractivity contribution in [1.82, 2.24) is 9.88 Å². The van der Waals surface area contributed by atoms with E-state index in [9.17, 15) is 9.18 Å². The molecule has 2 aromatic rings. The Morgan fingerprint density at radius 3 is 2.89 bits per heavy atom. The summed E-state index contributed by atoms with van der Waals surface area (Å²) in [6.07, 6.45) is 2.42. The van der Waals surface area contributed by atoms with Crippen LogP contribution in [0.3, 0.4) is 0 Å². The molecule has 0 aliphatic heterocycles. The van der Waals surface area contributed by atoms with Gasteiger partial charge in [-0.1, -0.05) is 23.7 Å². The van der Waals surface area contributed by atoms with E-state index in [1.165, 1.54) is 17.2 Å². The minimum atomic E-state index is -0.620. The van der Waals surface area contributed by atoms with Crippen molar-refractivity contribution in [2.75, 3.05) is 7.05 Å². The minimum absolute atomic E-state index is 0.0135. The van der Waals surface area contributed by atoms with Crippen LogP contribution in [-0.2, 0) is 6.54 Å². The van der Waals surface area contributed by atoms with E-state index < -0.39 is 5.82 Å². The van der Waals surface area contributed by atoms with Crippen LogP contribution >= 0.6 is 11.6 Å². The highest BCUT2D eigenvalue weighted by Gasteiger charge is 2.16. The van der Waals surface area contributed by atoms with Gasteiger partial charge in [0.05, 0.1) is 11.8 Å². The Labute approximate surface area is 115 Å². The molecule has 0 aliphatic carbocycles. The fourth-order valence-corrected chi connectivity index (χ4v) is 1.95. The number of carbonyl (C=O) groups is 1. The Balaban J connectivity index is 2.14. The van der Waals surface area contributed by atoms with E-state index in [1.54, 1.807) is 19.2 Å². The van der Waals surface area contributed by atoms with E-state index in [4.69, 9.17) is 11.6 Å². The highest BCUT2D eigenvalue weighted by Crippen LogP contribution is 2.14. The Morgan fingerprint density at radius 1 is 1.42 bits per heavy atom. The van der Waals surface area contributed by atoms with Gasteiger partial charge in [0, 0.05) is 24.8 Å². The Morgan fingerprint density at radius 2 is 2.21 bits per heavy atom. The third kappa shape index (κ3) is 3.29. The van der Waals surface area contributed by atoms with Crippen LogP contribution in [0.15, 0.2) is 42.7 Å². The largest absolute Gasteiger partial charge is 0.337 e. The lowest BCUT2D eigenvalue weighted by atomic mass is 10.2. The predicted molar refractivity (Wildman–Crippen MR) is 71.4 cm³/mol. The van der Waals surface area contributed by atoms with Crippen LogP contribution in [0.25, 0.3) is 0 Å². The maximum atomic E-state index is 13.5. The molecular weight excluding hydrogens is 267 g/mol. The van der Waals surface area contributed by atoms with E-state index in [0.29, 0.717) is 11.6 Å². The number of hydrogen-bond donors (Lipinski definition) is 0. The molecule has 5 heteroatoms. The average molecular weight is 279 g/mol. The van der Waals surface area contributed by atoms with E-state index >= 15 is 0 Å². The molecule has 1 aromatic heterocycles. The maximum Gasteiger partial charge on any atom is 0.256 e. The zero-order valence-corrected chi connectivity index (χ0v) is 11.1. The maximum absolute atomic E-state index is 13.5. The summed E-state index contributed by atoms with van der Waals surface area (Å²) in [6, 6.07) is 8.57. The first-order valence-corrected chi connectivity index (χ1v) is 6.05. The molecule has 0 unspecified atom stereocenters. The number of rotatable bonds is 3. The van der Waals surface area contributed by atoms with Crippen molar-refractivity contribution in [2.24, 2.45) is 0 Å². The van der Waals surface area contributed by atoms with Gasteiger partial charge in [-0.25, -0.2) is 4.39 Å². The van der Waals surface area contributed by atoms with Crippen LogP contribution in [-0.4, -0.2) is 22.8 Å². The second kappa shape index (κ2) is 5.80. The van der Waals surface area contributed by atoms with Crippen molar-refractivity contribution < 1.29 is 9.18 Å². The van der Waals surface area contributed by atoms with Crippen LogP contribution in [0.2, 0.25) is 5.02 Å². The first kappa shape index (κ1) is 13.5. The number of hydrogen-bond acceptors (Lipinski definition) is 2. The zero-order chi connectivity index (χ0) is 13.8. The molecular formula is C14H12ClFN2O. The number of benzene rings is 1. The number of halogens is 2. The smallest absolute Gasteiger partial charge is 0.256 e. The second-order valence-electron chi connectivity index (χ2n) is 4.15. The molecule has 0 saturated heterocycles. The lowest BCUT2D eigenvalue weighted by Crippen LogP contribution is -2.27. The lowest BCUT2D eigenvalue weighted by Gasteiger charge is -2.17. The van der Waals surface area contributed by atoms with Gasteiger partial charge in [-0.3, -0.25) is 9.78 Å². The molecule has 2 rings (SSSR count). The molecule has 0 atom stereocenters. The Bertz CT molecular complexity index is 604. The molecule has 3 nitrogen and oxygen atoms in total. The molecule has 0 bridgehead atoms. The molecule has 0 N–H and O–H groups in total. The summed E-state index contributed by atoms with van der Waals surface area (Å²) in [4.78, 5) is 17.1. The van der Waals surface area contributed by atoms with Gasteiger partial charge in [-0.2, -0.15) is 0 Å². The standard InChI is InChI=1S/C14H12ClFN2O/c1-18(9-10-3-2-4-11(15)7-10)14(19)12-5-6-17-8-13(12)16/h2-8H,9H2,1H3. The molecule has 1 amide bonds. The van der Waals surface area contributed by atoms with Crippen LogP contribution in [0.5, 0.6) is 0 Å². The summed E-state index contributed by atoms with van der Waals surface area (Å²) in [6.45, 7) is 0.362. The van der Waals surface area contributed by atoms with E-state index in [-0.39, 0.29) is 11.5 Å². The van der Waals surface area contributed by atoms with Gasteiger partial charge in [0.25, 0.3) is 5.91 Å². The van der Waals surface area contributed by atoms with Gasteiger partial charge in [0.2, 0.25) is 0 Å². The van der Waals surface area contributed by atoms with Crippen LogP contribution in [0.1, 0.15) is 15.9 Å². The molecule has 0 radical (unpaired) electrons. The first-order chi connectivity index (χ1) is 9.08. The van der Waals surface area contributed by atoms with Gasteiger partial charge in [-0.15, -0.1) is 0 Å². The van der Waals surface area contributed by atoms with Crippen LogP contribution in [0.4, 0.5) is 4.39 Å². The minimum Gasteiger partial charge on any atom is -0.337 e. The van der Waals surface area contributed by atoms with Gasteiger partial charge >= 0.3 is 0 Å². The summed E-state index contributed by atoms with van der Waals surface area (Å²) in [5.74, 6) is -1.01. The van der Waals surface area contributed by atoms with Crippen molar-refractivity contribution in [3.8, 4) is 0 Å².